The topological polar surface area (TPSA) is 203 Å². The molecule has 0 heterocycles. The van der Waals surface area contributed by atoms with Crippen LogP contribution in [0.15, 0.2) is 0 Å². The van der Waals surface area contributed by atoms with Crippen molar-refractivity contribution in [3.05, 3.63) is 20.2 Å². The molecule has 0 spiro atoms. The molecule has 2 rings (SSSR count). The third kappa shape index (κ3) is 8.14. The predicted octanol–water partition coefficient (Wildman–Crippen LogP) is 0.711. The zero-order chi connectivity index (χ0) is 24.4. The molecule has 6 atom stereocenters. The second kappa shape index (κ2) is 13.3. The zero-order valence-corrected chi connectivity index (χ0v) is 18.3. The van der Waals surface area contributed by atoms with Gasteiger partial charge in [-0.15, -0.1) is 0 Å². The molecule has 0 aromatic heterocycles. The highest BCUT2D eigenvalue weighted by atomic mass is 17.1. The van der Waals surface area contributed by atoms with Crippen molar-refractivity contribution in [2.24, 2.45) is 23.7 Å². The summed E-state index contributed by atoms with van der Waals surface area (Å²) in [4.78, 5) is 54.6. The third-order valence-corrected chi connectivity index (χ3v) is 6.63. The SMILES string of the molecule is O=C(O)C1CC([N+](=O)[O-])CCC1C(=O)NCCCNOCC1CCC([N+](=O)[O-])CC1COO. The first kappa shape index (κ1) is 26.8. The van der Waals surface area contributed by atoms with Crippen LogP contribution < -0.4 is 10.8 Å². The van der Waals surface area contributed by atoms with Crippen LogP contribution in [0.2, 0.25) is 0 Å². The second-order valence-electron chi connectivity index (χ2n) is 8.72. The van der Waals surface area contributed by atoms with Gasteiger partial charge in [-0.1, -0.05) is 0 Å². The second-order valence-corrected chi connectivity index (χ2v) is 8.72. The Labute approximate surface area is 190 Å². The van der Waals surface area contributed by atoms with Crippen LogP contribution in [-0.2, 0) is 19.3 Å². The van der Waals surface area contributed by atoms with Crippen molar-refractivity contribution in [3.8, 4) is 0 Å². The van der Waals surface area contributed by atoms with Crippen molar-refractivity contribution in [1.82, 2.24) is 10.8 Å². The summed E-state index contributed by atoms with van der Waals surface area (Å²) in [5, 5.41) is 42.7. The first-order valence-corrected chi connectivity index (χ1v) is 11.1. The van der Waals surface area contributed by atoms with Crippen LogP contribution in [0.3, 0.4) is 0 Å². The van der Waals surface area contributed by atoms with E-state index in [4.69, 9.17) is 10.1 Å². The lowest BCUT2D eigenvalue weighted by molar-refractivity contribution is -0.529. The molecule has 33 heavy (non-hydrogen) atoms. The molecule has 2 fully saturated rings. The normalized spacial score (nSPS) is 29.8. The molecule has 0 radical (unpaired) electrons. The molecule has 0 aromatic carbocycles. The Morgan fingerprint density at radius 1 is 0.909 bits per heavy atom. The zero-order valence-electron chi connectivity index (χ0n) is 18.3. The van der Waals surface area contributed by atoms with Gasteiger partial charge in [0, 0.05) is 48.6 Å². The van der Waals surface area contributed by atoms with Gasteiger partial charge >= 0.3 is 5.97 Å². The number of carbonyl (C=O) groups is 2. The van der Waals surface area contributed by atoms with Crippen LogP contribution in [0.25, 0.3) is 0 Å². The maximum atomic E-state index is 12.4. The largest absolute Gasteiger partial charge is 0.481 e. The van der Waals surface area contributed by atoms with Gasteiger partial charge in [-0.05, 0) is 31.1 Å². The lowest BCUT2D eigenvalue weighted by atomic mass is 9.76. The first-order valence-electron chi connectivity index (χ1n) is 11.1. The summed E-state index contributed by atoms with van der Waals surface area (Å²) >= 11 is 0. The van der Waals surface area contributed by atoms with Crippen molar-refractivity contribution in [2.75, 3.05) is 26.3 Å². The van der Waals surface area contributed by atoms with E-state index in [9.17, 15) is 34.9 Å². The van der Waals surface area contributed by atoms with Crippen molar-refractivity contribution < 1.29 is 39.5 Å². The summed E-state index contributed by atoms with van der Waals surface area (Å²) in [5.74, 6) is -3.66. The summed E-state index contributed by atoms with van der Waals surface area (Å²) in [7, 11) is 0. The minimum Gasteiger partial charge on any atom is -0.481 e. The molecule has 0 bridgehead atoms. The van der Waals surface area contributed by atoms with Crippen molar-refractivity contribution >= 4 is 11.9 Å². The first-order chi connectivity index (χ1) is 15.7. The summed E-state index contributed by atoms with van der Waals surface area (Å²) < 4.78 is 0. The summed E-state index contributed by atoms with van der Waals surface area (Å²) in [6.45, 7) is 0.990. The summed E-state index contributed by atoms with van der Waals surface area (Å²) in [6.07, 6.45) is 2.03. The Bertz CT molecular complexity index is 693. The maximum absolute atomic E-state index is 12.4. The van der Waals surface area contributed by atoms with E-state index < -0.39 is 40.7 Å². The van der Waals surface area contributed by atoms with Gasteiger partial charge in [0.25, 0.3) is 0 Å². The van der Waals surface area contributed by atoms with Gasteiger partial charge in [0.2, 0.25) is 18.0 Å². The fourth-order valence-corrected chi connectivity index (χ4v) is 4.68. The molecule has 0 aromatic rings. The highest BCUT2D eigenvalue weighted by molar-refractivity contribution is 5.84. The number of amides is 1. The molecule has 4 N–H and O–H groups in total. The average Bonchev–Trinajstić information content (AvgIpc) is 2.78. The number of rotatable bonds is 13. The molecule has 188 valence electrons. The van der Waals surface area contributed by atoms with E-state index >= 15 is 0 Å². The molecular formula is C19H32N4O10. The lowest BCUT2D eigenvalue weighted by Crippen LogP contribution is -2.44. The Hall–Kier alpha value is -2.42. The van der Waals surface area contributed by atoms with Crippen LogP contribution in [-0.4, -0.2) is 70.5 Å². The molecule has 14 heteroatoms. The highest BCUT2D eigenvalue weighted by Crippen LogP contribution is 2.33. The number of carbonyl (C=O) groups excluding carboxylic acids is 1. The number of nitrogens with zero attached hydrogens (tertiary/aromatic N) is 2. The minimum absolute atomic E-state index is 0.00259. The molecule has 14 nitrogen and oxygen atoms in total. The lowest BCUT2D eigenvalue weighted by Gasteiger charge is -2.31. The van der Waals surface area contributed by atoms with Gasteiger partial charge in [-0.25, -0.2) is 10.4 Å². The van der Waals surface area contributed by atoms with Gasteiger partial charge in [-0.3, -0.25) is 35.1 Å². The third-order valence-electron chi connectivity index (χ3n) is 6.63. The van der Waals surface area contributed by atoms with Crippen LogP contribution >= 0.6 is 0 Å². The molecule has 0 saturated heterocycles. The fourth-order valence-electron chi connectivity index (χ4n) is 4.68. The van der Waals surface area contributed by atoms with Crippen molar-refractivity contribution in [2.45, 2.75) is 57.0 Å². The van der Waals surface area contributed by atoms with Crippen LogP contribution in [0, 0.1) is 43.9 Å². The van der Waals surface area contributed by atoms with E-state index in [0.29, 0.717) is 38.8 Å². The van der Waals surface area contributed by atoms with E-state index in [1.807, 2.05) is 0 Å². The standard InChI is InChI=1S/C19H32N4O10/c24-18(16-5-4-15(23(29)30)9-17(16)19(25)26)20-6-1-7-21-32-10-12-2-3-14(22(27)28)8-13(12)11-33-31/h12-17,21,31H,1-11H2,(H,20,24)(H,25,26). The van der Waals surface area contributed by atoms with E-state index in [0.717, 1.165) is 0 Å². The molecule has 2 saturated carbocycles. The van der Waals surface area contributed by atoms with Crippen LogP contribution in [0.4, 0.5) is 0 Å². The van der Waals surface area contributed by atoms with Gasteiger partial charge in [-0.2, -0.15) is 0 Å². The van der Waals surface area contributed by atoms with E-state index in [-0.39, 0.29) is 49.2 Å². The molecule has 2 aliphatic rings. The number of hydroxylamine groups is 1. The molecule has 6 unspecified atom stereocenters. The Balaban J connectivity index is 1.64. The number of nitrogens with one attached hydrogen (secondary N) is 2. The Morgan fingerprint density at radius 2 is 1.58 bits per heavy atom. The number of hydrogen-bond acceptors (Lipinski definition) is 10. The molecule has 1 amide bonds. The predicted molar refractivity (Wildman–Crippen MR) is 111 cm³/mol. The van der Waals surface area contributed by atoms with E-state index in [2.05, 4.69) is 15.7 Å². The number of hydrogen-bond donors (Lipinski definition) is 4. The number of aliphatic carboxylic acids is 1. The quantitative estimate of drug-likeness (QED) is 0.126. The number of nitro groups is 2. The van der Waals surface area contributed by atoms with Crippen LogP contribution in [0.1, 0.15) is 44.9 Å². The highest BCUT2D eigenvalue weighted by Gasteiger charge is 2.43. The van der Waals surface area contributed by atoms with Gasteiger partial charge in [0.15, 0.2) is 0 Å². The van der Waals surface area contributed by atoms with Crippen molar-refractivity contribution in [1.29, 1.82) is 0 Å². The fraction of sp³-hybridized carbons (Fsp3) is 0.895. The monoisotopic (exact) mass is 476 g/mol. The Morgan fingerprint density at radius 3 is 2.21 bits per heavy atom. The van der Waals surface area contributed by atoms with Gasteiger partial charge in [0.05, 0.1) is 25.0 Å². The smallest absolute Gasteiger partial charge is 0.307 e. The summed E-state index contributed by atoms with van der Waals surface area (Å²) in [6, 6.07) is -1.58. The minimum atomic E-state index is -1.20. The number of carboxylic acid groups (broad SMARTS) is 1. The maximum Gasteiger partial charge on any atom is 0.307 e. The van der Waals surface area contributed by atoms with Crippen molar-refractivity contribution in [3.63, 3.8) is 0 Å². The molecule has 2 aliphatic carbocycles. The Kier molecular flexibility index (Phi) is 10.8. The number of carboxylic acids is 1. The summed E-state index contributed by atoms with van der Waals surface area (Å²) in [5.41, 5.74) is 2.77. The molecular weight excluding hydrogens is 444 g/mol. The van der Waals surface area contributed by atoms with Gasteiger partial charge in [0.1, 0.15) is 0 Å². The molecule has 0 aliphatic heterocycles. The van der Waals surface area contributed by atoms with E-state index in [1.165, 1.54) is 0 Å². The van der Waals surface area contributed by atoms with Crippen LogP contribution in [0.5, 0.6) is 0 Å². The van der Waals surface area contributed by atoms with Gasteiger partial charge < -0.3 is 15.3 Å². The average molecular weight is 476 g/mol. The van der Waals surface area contributed by atoms with E-state index in [1.54, 1.807) is 0 Å².